The van der Waals surface area contributed by atoms with E-state index in [4.69, 9.17) is 11.6 Å². The standard InChI is InChI=1S/C10H12ClNO/c1-12(13)10-5-3-7-2-4-8(11)6-9(7)10/h2,4,6,10,13H,3,5H2,1H3. The Kier molecular flexibility index (Phi) is 2.28. The molecule has 0 aromatic heterocycles. The van der Waals surface area contributed by atoms with Crippen LogP contribution in [0.5, 0.6) is 0 Å². The fraction of sp³-hybridized carbons (Fsp3) is 0.400. The predicted molar refractivity (Wildman–Crippen MR) is 52.1 cm³/mol. The summed E-state index contributed by atoms with van der Waals surface area (Å²) in [6, 6.07) is 6.01. The Balaban J connectivity index is 2.40. The van der Waals surface area contributed by atoms with Crippen molar-refractivity contribution in [2.24, 2.45) is 0 Å². The molecule has 1 aliphatic rings. The van der Waals surface area contributed by atoms with Gasteiger partial charge < -0.3 is 5.21 Å². The van der Waals surface area contributed by atoms with Crippen molar-refractivity contribution in [2.75, 3.05) is 7.05 Å². The van der Waals surface area contributed by atoms with Crippen LogP contribution < -0.4 is 0 Å². The predicted octanol–water partition coefficient (Wildman–Crippen LogP) is 2.65. The zero-order valence-corrected chi connectivity index (χ0v) is 8.25. The number of hydroxylamine groups is 2. The van der Waals surface area contributed by atoms with E-state index < -0.39 is 0 Å². The van der Waals surface area contributed by atoms with Gasteiger partial charge in [0.25, 0.3) is 0 Å². The van der Waals surface area contributed by atoms with Gasteiger partial charge in [0.15, 0.2) is 0 Å². The highest BCUT2D eigenvalue weighted by atomic mass is 35.5. The highest BCUT2D eigenvalue weighted by molar-refractivity contribution is 6.30. The number of nitrogens with zero attached hydrogens (tertiary/aromatic N) is 1. The molecule has 70 valence electrons. The quantitative estimate of drug-likeness (QED) is 0.700. The third-order valence-electron chi connectivity index (χ3n) is 2.61. The van der Waals surface area contributed by atoms with E-state index in [2.05, 4.69) is 0 Å². The maximum Gasteiger partial charge on any atom is 0.0602 e. The fourth-order valence-electron chi connectivity index (χ4n) is 1.94. The van der Waals surface area contributed by atoms with Crippen molar-refractivity contribution < 1.29 is 5.21 Å². The van der Waals surface area contributed by atoms with Crippen LogP contribution in [0.1, 0.15) is 23.6 Å². The number of benzene rings is 1. The summed E-state index contributed by atoms with van der Waals surface area (Å²) in [5.74, 6) is 0. The first-order chi connectivity index (χ1) is 6.18. The van der Waals surface area contributed by atoms with Crippen LogP contribution in [0.25, 0.3) is 0 Å². The van der Waals surface area contributed by atoms with Crippen molar-refractivity contribution in [3.05, 3.63) is 34.3 Å². The first kappa shape index (κ1) is 9.00. The number of hydrogen-bond donors (Lipinski definition) is 1. The van der Waals surface area contributed by atoms with E-state index >= 15 is 0 Å². The Morgan fingerprint density at radius 2 is 2.31 bits per heavy atom. The molecule has 1 aliphatic carbocycles. The number of halogens is 1. The van der Waals surface area contributed by atoms with Crippen LogP contribution in [-0.4, -0.2) is 17.3 Å². The number of hydrogen-bond acceptors (Lipinski definition) is 2. The van der Waals surface area contributed by atoms with E-state index in [9.17, 15) is 5.21 Å². The molecule has 0 bridgehead atoms. The first-order valence-electron chi connectivity index (χ1n) is 4.38. The molecule has 3 heteroatoms. The highest BCUT2D eigenvalue weighted by Gasteiger charge is 2.25. The largest absolute Gasteiger partial charge is 0.314 e. The Hall–Kier alpha value is -0.570. The minimum absolute atomic E-state index is 0.119. The van der Waals surface area contributed by atoms with Crippen molar-refractivity contribution >= 4 is 11.6 Å². The van der Waals surface area contributed by atoms with Crippen LogP contribution in [0.4, 0.5) is 0 Å². The normalized spacial score (nSPS) is 20.8. The summed E-state index contributed by atoms with van der Waals surface area (Å²) in [4.78, 5) is 0. The van der Waals surface area contributed by atoms with Gasteiger partial charge in [0, 0.05) is 12.1 Å². The molecule has 0 saturated carbocycles. The molecular weight excluding hydrogens is 186 g/mol. The molecular formula is C10H12ClNO. The third kappa shape index (κ3) is 1.57. The highest BCUT2D eigenvalue weighted by Crippen LogP contribution is 2.35. The van der Waals surface area contributed by atoms with Gasteiger partial charge in [-0.3, -0.25) is 0 Å². The first-order valence-corrected chi connectivity index (χ1v) is 4.76. The second-order valence-electron chi connectivity index (χ2n) is 3.47. The van der Waals surface area contributed by atoms with Crippen LogP contribution in [0.3, 0.4) is 0 Å². The second kappa shape index (κ2) is 3.29. The average Bonchev–Trinajstić information content (AvgIpc) is 2.46. The van der Waals surface area contributed by atoms with Gasteiger partial charge in [-0.1, -0.05) is 17.7 Å². The lowest BCUT2D eigenvalue weighted by atomic mass is 10.1. The van der Waals surface area contributed by atoms with E-state index in [1.54, 1.807) is 7.05 Å². The second-order valence-corrected chi connectivity index (χ2v) is 3.91. The van der Waals surface area contributed by atoms with Crippen molar-refractivity contribution in [2.45, 2.75) is 18.9 Å². The summed E-state index contributed by atoms with van der Waals surface area (Å²) >= 11 is 5.89. The molecule has 1 aromatic rings. The molecule has 0 aliphatic heterocycles. The van der Waals surface area contributed by atoms with Gasteiger partial charge in [0.05, 0.1) is 6.04 Å². The van der Waals surface area contributed by atoms with Gasteiger partial charge in [-0.2, -0.15) is 5.06 Å². The molecule has 0 amide bonds. The van der Waals surface area contributed by atoms with Crippen LogP contribution in [0, 0.1) is 0 Å². The van der Waals surface area contributed by atoms with Crippen molar-refractivity contribution in [3.63, 3.8) is 0 Å². The van der Waals surface area contributed by atoms with Gasteiger partial charge in [-0.25, -0.2) is 0 Å². The molecule has 0 heterocycles. The third-order valence-corrected chi connectivity index (χ3v) is 2.84. The van der Waals surface area contributed by atoms with Gasteiger partial charge in [0.1, 0.15) is 0 Å². The molecule has 2 rings (SSSR count). The van der Waals surface area contributed by atoms with Crippen molar-refractivity contribution in [3.8, 4) is 0 Å². The van der Waals surface area contributed by atoms with Gasteiger partial charge in [-0.05, 0) is 36.1 Å². The van der Waals surface area contributed by atoms with E-state index in [-0.39, 0.29) is 6.04 Å². The maximum absolute atomic E-state index is 9.38. The molecule has 0 spiro atoms. The number of aryl methyl sites for hydroxylation is 1. The van der Waals surface area contributed by atoms with Crippen LogP contribution >= 0.6 is 11.6 Å². The Labute approximate surface area is 82.7 Å². The molecule has 1 aromatic carbocycles. The smallest absolute Gasteiger partial charge is 0.0602 e. The summed E-state index contributed by atoms with van der Waals surface area (Å²) in [5, 5.41) is 11.4. The van der Waals surface area contributed by atoms with E-state index in [1.165, 1.54) is 10.6 Å². The lowest BCUT2D eigenvalue weighted by molar-refractivity contribution is -0.103. The Morgan fingerprint density at radius 1 is 1.54 bits per heavy atom. The van der Waals surface area contributed by atoms with E-state index in [0.29, 0.717) is 0 Å². The van der Waals surface area contributed by atoms with E-state index in [0.717, 1.165) is 23.4 Å². The minimum Gasteiger partial charge on any atom is -0.314 e. The number of rotatable bonds is 1. The fourth-order valence-corrected chi connectivity index (χ4v) is 2.12. The summed E-state index contributed by atoms with van der Waals surface area (Å²) in [6.45, 7) is 0. The zero-order valence-electron chi connectivity index (χ0n) is 7.50. The summed E-state index contributed by atoms with van der Waals surface area (Å²) in [7, 11) is 1.68. The van der Waals surface area contributed by atoms with Crippen LogP contribution in [0.15, 0.2) is 18.2 Å². The SMILES string of the molecule is CN(O)C1CCc2ccc(Cl)cc21. The van der Waals surface area contributed by atoms with E-state index in [1.807, 2.05) is 18.2 Å². The summed E-state index contributed by atoms with van der Waals surface area (Å²) in [5.41, 5.74) is 2.47. The van der Waals surface area contributed by atoms with Gasteiger partial charge in [-0.15, -0.1) is 0 Å². The molecule has 0 radical (unpaired) electrons. The Bertz CT molecular complexity index is 325. The number of fused-ring (bicyclic) bond motifs is 1. The topological polar surface area (TPSA) is 23.5 Å². The summed E-state index contributed by atoms with van der Waals surface area (Å²) < 4.78 is 0. The lowest BCUT2D eigenvalue weighted by Gasteiger charge is -2.17. The molecule has 13 heavy (non-hydrogen) atoms. The molecule has 1 atom stereocenters. The monoisotopic (exact) mass is 197 g/mol. The lowest BCUT2D eigenvalue weighted by Crippen LogP contribution is -2.17. The minimum atomic E-state index is 0.119. The van der Waals surface area contributed by atoms with Crippen molar-refractivity contribution in [1.82, 2.24) is 5.06 Å². The van der Waals surface area contributed by atoms with Gasteiger partial charge >= 0.3 is 0 Å². The van der Waals surface area contributed by atoms with Gasteiger partial charge in [0.2, 0.25) is 0 Å². The van der Waals surface area contributed by atoms with Crippen molar-refractivity contribution in [1.29, 1.82) is 0 Å². The molecule has 0 saturated heterocycles. The zero-order chi connectivity index (χ0) is 9.42. The van der Waals surface area contributed by atoms with Crippen LogP contribution in [-0.2, 0) is 6.42 Å². The Morgan fingerprint density at radius 3 is 3.00 bits per heavy atom. The molecule has 1 unspecified atom stereocenters. The molecule has 1 N–H and O–H groups in total. The molecule has 0 fully saturated rings. The van der Waals surface area contributed by atoms with Crippen LogP contribution in [0.2, 0.25) is 5.02 Å². The maximum atomic E-state index is 9.38. The average molecular weight is 198 g/mol. The molecule has 2 nitrogen and oxygen atoms in total. The summed E-state index contributed by atoms with van der Waals surface area (Å²) in [6.07, 6.45) is 2.00.